The summed E-state index contributed by atoms with van der Waals surface area (Å²) in [6.07, 6.45) is 5.24. The minimum atomic E-state index is 0.171. The molecule has 4 heteroatoms. The third-order valence-electron chi connectivity index (χ3n) is 5.48. The number of rotatable bonds is 6. The molecule has 2 aromatic rings. The predicted octanol–water partition coefficient (Wildman–Crippen LogP) is 4.64. The molecule has 144 valence electrons. The SMILES string of the molecule is COc1ccc(CC[C@@H]2CCCCN2C(=O)c2ccccc2C)cc1OC. The minimum absolute atomic E-state index is 0.171. The number of carbonyl (C=O) groups excluding carboxylic acids is 1. The maximum atomic E-state index is 13.1. The van der Waals surface area contributed by atoms with E-state index in [1.165, 1.54) is 12.0 Å². The smallest absolute Gasteiger partial charge is 0.254 e. The number of hydrogen-bond donors (Lipinski definition) is 0. The molecule has 0 aromatic heterocycles. The Labute approximate surface area is 162 Å². The molecule has 0 saturated carbocycles. The molecule has 0 unspecified atom stereocenters. The van der Waals surface area contributed by atoms with Crippen LogP contribution in [0.3, 0.4) is 0 Å². The van der Waals surface area contributed by atoms with Crippen LogP contribution in [-0.4, -0.2) is 37.6 Å². The van der Waals surface area contributed by atoms with Crippen molar-refractivity contribution in [3.8, 4) is 11.5 Å². The summed E-state index contributed by atoms with van der Waals surface area (Å²) in [5, 5.41) is 0. The first-order valence-electron chi connectivity index (χ1n) is 9.71. The normalized spacial score (nSPS) is 16.9. The van der Waals surface area contributed by atoms with Crippen LogP contribution in [0.2, 0.25) is 0 Å². The lowest BCUT2D eigenvalue weighted by Gasteiger charge is -2.36. The number of likely N-dealkylation sites (tertiary alicyclic amines) is 1. The zero-order chi connectivity index (χ0) is 19.2. The van der Waals surface area contributed by atoms with Crippen molar-refractivity contribution in [1.82, 2.24) is 4.90 Å². The molecule has 3 rings (SSSR count). The maximum absolute atomic E-state index is 13.1. The van der Waals surface area contributed by atoms with Gasteiger partial charge in [0.2, 0.25) is 0 Å². The molecular formula is C23H29NO3. The van der Waals surface area contributed by atoms with Gasteiger partial charge in [-0.3, -0.25) is 4.79 Å². The third kappa shape index (κ3) is 4.44. The fourth-order valence-corrected chi connectivity index (χ4v) is 3.91. The summed E-state index contributed by atoms with van der Waals surface area (Å²) in [6.45, 7) is 2.86. The van der Waals surface area contributed by atoms with Gasteiger partial charge < -0.3 is 14.4 Å². The molecule has 0 spiro atoms. The number of carbonyl (C=O) groups is 1. The molecule has 1 aliphatic heterocycles. The Bertz CT molecular complexity index is 787. The van der Waals surface area contributed by atoms with E-state index < -0.39 is 0 Å². The molecule has 0 N–H and O–H groups in total. The van der Waals surface area contributed by atoms with E-state index in [1.54, 1.807) is 14.2 Å². The number of methoxy groups -OCH3 is 2. The zero-order valence-electron chi connectivity index (χ0n) is 16.5. The largest absolute Gasteiger partial charge is 0.493 e. The molecule has 1 atom stereocenters. The molecule has 0 aliphatic carbocycles. The molecule has 1 fully saturated rings. The summed E-state index contributed by atoms with van der Waals surface area (Å²) >= 11 is 0. The molecule has 0 bridgehead atoms. The summed E-state index contributed by atoms with van der Waals surface area (Å²) in [5.74, 6) is 1.67. The number of benzene rings is 2. The van der Waals surface area contributed by atoms with Gasteiger partial charge in [-0.2, -0.15) is 0 Å². The number of nitrogens with zero attached hydrogens (tertiary/aromatic N) is 1. The van der Waals surface area contributed by atoms with Crippen molar-refractivity contribution in [3.05, 3.63) is 59.2 Å². The van der Waals surface area contributed by atoms with Crippen LogP contribution in [0, 0.1) is 6.92 Å². The van der Waals surface area contributed by atoms with Gasteiger partial charge in [0.1, 0.15) is 0 Å². The van der Waals surface area contributed by atoms with E-state index in [1.807, 2.05) is 43.3 Å². The first kappa shape index (κ1) is 19.3. The van der Waals surface area contributed by atoms with Gasteiger partial charge in [0.15, 0.2) is 11.5 Å². The lowest BCUT2D eigenvalue weighted by Crippen LogP contribution is -2.44. The van der Waals surface area contributed by atoms with Gasteiger partial charge in [-0.05, 0) is 68.4 Å². The maximum Gasteiger partial charge on any atom is 0.254 e. The van der Waals surface area contributed by atoms with E-state index in [0.717, 1.165) is 54.9 Å². The molecule has 0 radical (unpaired) electrons. The van der Waals surface area contributed by atoms with E-state index in [2.05, 4.69) is 11.0 Å². The van der Waals surface area contributed by atoms with Gasteiger partial charge in [-0.15, -0.1) is 0 Å². The Morgan fingerprint density at radius 2 is 1.85 bits per heavy atom. The molecule has 2 aromatic carbocycles. The summed E-state index contributed by atoms with van der Waals surface area (Å²) in [6, 6.07) is 14.2. The molecule has 1 aliphatic rings. The van der Waals surface area contributed by atoms with Gasteiger partial charge in [0.05, 0.1) is 14.2 Å². The molecule has 27 heavy (non-hydrogen) atoms. The molecule has 1 heterocycles. The second kappa shape index (κ2) is 8.94. The Morgan fingerprint density at radius 3 is 2.59 bits per heavy atom. The van der Waals surface area contributed by atoms with Crippen LogP contribution in [-0.2, 0) is 6.42 Å². The van der Waals surface area contributed by atoms with Gasteiger partial charge in [-0.1, -0.05) is 24.3 Å². The molecule has 1 saturated heterocycles. The summed E-state index contributed by atoms with van der Waals surface area (Å²) in [5.41, 5.74) is 3.09. The van der Waals surface area contributed by atoms with Crippen LogP contribution < -0.4 is 9.47 Å². The van der Waals surface area contributed by atoms with E-state index in [-0.39, 0.29) is 5.91 Å². The van der Waals surface area contributed by atoms with E-state index in [9.17, 15) is 4.79 Å². The van der Waals surface area contributed by atoms with E-state index in [0.29, 0.717) is 6.04 Å². The molecule has 1 amide bonds. The van der Waals surface area contributed by atoms with Crippen molar-refractivity contribution >= 4 is 5.91 Å². The number of piperidine rings is 1. The number of ether oxygens (including phenoxy) is 2. The van der Waals surface area contributed by atoms with Crippen LogP contribution in [0.1, 0.15) is 47.2 Å². The topological polar surface area (TPSA) is 38.8 Å². The average Bonchev–Trinajstić information content (AvgIpc) is 2.72. The fourth-order valence-electron chi connectivity index (χ4n) is 3.91. The lowest BCUT2D eigenvalue weighted by molar-refractivity contribution is 0.0601. The zero-order valence-corrected chi connectivity index (χ0v) is 16.5. The summed E-state index contributed by atoms with van der Waals surface area (Å²) in [7, 11) is 3.31. The standard InChI is InChI=1S/C23H29NO3/c1-17-8-4-5-10-20(17)23(25)24-15-7-6-9-19(24)13-11-18-12-14-21(26-2)22(16-18)27-3/h4-5,8,10,12,14,16,19H,6-7,9,11,13,15H2,1-3H3/t19-/m0/s1. The van der Waals surface area contributed by atoms with Crippen molar-refractivity contribution in [3.63, 3.8) is 0 Å². The molecular weight excluding hydrogens is 338 g/mol. The van der Waals surface area contributed by atoms with Crippen molar-refractivity contribution in [2.24, 2.45) is 0 Å². The highest BCUT2D eigenvalue weighted by Gasteiger charge is 2.27. The van der Waals surface area contributed by atoms with Crippen LogP contribution >= 0.6 is 0 Å². The predicted molar refractivity (Wildman–Crippen MR) is 108 cm³/mol. The summed E-state index contributed by atoms with van der Waals surface area (Å²) in [4.78, 5) is 15.2. The highest BCUT2D eigenvalue weighted by atomic mass is 16.5. The van der Waals surface area contributed by atoms with Gasteiger partial charge in [-0.25, -0.2) is 0 Å². The highest BCUT2D eigenvalue weighted by molar-refractivity contribution is 5.95. The highest BCUT2D eigenvalue weighted by Crippen LogP contribution is 2.29. The van der Waals surface area contributed by atoms with Gasteiger partial charge >= 0.3 is 0 Å². The van der Waals surface area contributed by atoms with Crippen LogP contribution in [0.4, 0.5) is 0 Å². The Kier molecular flexibility index (Phi) is 6.38. The Morgan fingerprint density at radius 1 is 1.07 bits per heavy atom. The lowest BCUT2D eigenvalue weighted by atomic mass is 9.94. The van der Waals surface area contributed by atoms with Crippen molar-refractivity contribution < 1.29 is 14.3 Å². The first-order chi connectivity index (χ1) is 13.1. The fraction of sp³-hybridized carbons (Fsp3) is 0.435. The Hall–Kier alpha value is -2.49. The second-order valence-corrected chi connectivity index (χ2v) is 7.19. The van der Waals surface area contributed by atoms with Crippen molar-refractivity contribution in [2.75, 3.05) is 20.8 Å². The minimum Gasteiger partial charge on any atom is -0.493 e. The Balaban J connectivity index is 1.71. The number of amides is 1. The van der Waals surface area contributed by atoms with Gasteiger partial charge in [0, 0.05) is 18.2 Å². The monoisotopic (exact) mass is 367 g/mol. The van der Waals surface area contributed by atoms with Crippen LogP contribution in [0.15, 0.2) is 42.5 Å². The average molecular weight is 367 g/mol. The molecule has 4 nitrogen and oxygen atoms in total. The number of aryl methyl sites for hydroxylation is 2. The van der Waals surface area contributed by atoms with E-state index >= 15 is 0 Å². The second-order valence-electron chi connectivity index (χ2n) is 7.19. The van der Waals surface area contributed by atoms with Crippen LogP contribution in [0.5, 0.6) is 11.5 Å². The third-order valence-corrected chi connectivity index (χ3v) is 5.48. The summed E-state index contributed by atoms with van der Waals surface area (Å²) < 4.78 is 10.7. The van der Waals surface area contributed by atoms with Crippen molar-refractivity contribution in [2.45, 2.75) is 45.1 Å². The number of hydrogen-bond acceptors (Lipinski definition) is 3. The quantitative estimate of drug-likeness (QED) is 0.747. The van der Waals surface area contributed by atoms with Gasteiger partial charge in [0.25, 0.3) is 5.91 Å². The van der Waals surface area contributed by atoms with Crippen LogP contribution in [0.25, 0.3) is 0 Å². The van der Waals surface area contributed by atoms with Crippen molar-refractivity contribution in [1.29, 1.82) is 0 Å². The van der Waals surface area contributed by atoms with E-state index in [4.69, 9.17) is 9.47 Å². The first-order valence-corrected chi connectivity index (χ1v) is 9.71.